The lowest BCUT2D eigenvalue weighted by Crippen LogP contribution is -2.11. The van der Waals surface area contributed by atoms with Crippen LogP contribution in [-0.4, -0.2) is 27.1 Å². The van der Waals surface area contributed by atoms with Gasteiger partial charge in [-0.2, -0.15) is 0 Å². The summed E-state index contributed by atoms with van der Waals surface area (Å²) in [6.07, 6.45) is 1.02. The number of rotatable bonds is 9. The molecule has 1 amide bonds. The smallest absolute Gasteiger partial charge is 0.322 e. The molecule has 0 aliphatic carbocycles. The van der Waals surface area contributed by atoms with Crippen molar-refractivity contribution in [3.8, 4) is 11.5 Å². The van der Waals surface area contributed by atoms with Gasteiger partial charge in [0.25, 0.3) is 0 Å². The molecule has 3 rings (SSSR count). The van der Waals surface area contributed by atoms with Gasteiger partial charge in [0.2, 0.25) is 11.8 Å². The van der Waals surface area contributed by atoms with Crippen LogP contribution in [0.25, 0.3) is 11.5 Å². The van der Waals surface area contributed by atoms with E-state index in [4.69, 9.17) is 4.42 Å². The van der Waals surface area contributed by atoms with Crippen LogP contribution in [0.1, 0.15) is 26.7 Å². The summed E-state index contributed by atoms with van der Waals surface area (Å²) in [4.78, 5) is 14.2. The van der Waals surface area contributed by atoms with E-state index in [1.165, 1.54) is 12.1 Å². The lowest BCUT2D eigenvalue weighted by molar-refractivity contribution is -0.116. The lowest BCUT2D eigenvalue weighted by Gasteiger charge is -2.05. The van der Waals surface area contributed by atoms with Crippen molar-refractivity contribution in [3.63, 3.8) is 0 Å². The van der Waals surface area contributed by atoms with E-state index in [1.54, 1.807) is 35.7 Å². The topological polar surface area (TPSA) is 68.0 Å². The number of nitrogens with zero attached hydrogens (tertiary/aromatic N) is 2. The molecule has 3 aromatic rings. The molecule has 1 N–H and O–H groups in total. The fourth-order valence-corrected chi connectivity index (χ4v) is 4.25. The van der Waals surface area contributed by atoms with Gasteiger partial charge in [-0.05, 0) is 54.6 Å². The van der Waals surface area contributed by atoms with Gasteiger partial charge in [0.05, 0.1) is 0 Å². The van der Waals surface area contributed by atoms with Gasteiger partial charge in [-0.15, -0.1) is 28.6 Å². The number of amides is 1. The highest BCUT2D eigenvalue weighted by molar-refractivity contribution is 8.00. The summed E-state index contributed by atoms with van der Waals surface area (Å²) in [5, 5.41) is 11.1. The Morgan fingerprint density at radius 1 is 1.14 bits per heavy atom. The molecule has 1 aromatic heterocycles. The second-order valence-electron chi connectivity index (χ2n) is 6.56. The van der Waals surface area contributed by atoms with Gasteiger partial charge in [-0.25, -0.2) is 4.39 Å². The van der Waals surface area contributed by atoms with Crippen molar-refractivity contribution in [2.24, 2.45) is 0 Å². The molecular formula is C21H22FN3O2S2. The molecule has 1 heterocycles. The Morgan fingerprint density at radius 2 is 1.93 bits per heavy atom. The first-order valence-corrected chi connectivity index (χ1v) is 11.1. The van der Waals surface area contributed by atoms with E-state index < -0.39 is 0 Å². The summed E-state index contributed by atoms with van der Waals surface area (Å²) in [5.74, 6) is 0.703. The maximum Gasteiger partial charge on any atom is 0.322 e. The van der Waals surface area contributed by atoms with Crippen LogP contribution in [0, 0.1) is 5.82 Å². The number of hydrogen-bond donors (Lipinski definition) is 1. The fraction of sp³-hybridized carbons (Fsp3) is 0.286. The van der Waals surface area contributed by atoms with Crippen LogP contribution in [0.2, 0.25) is 0 Å². The van der Waals surface area contributed by atoms with Gasteiger partial charge in [-0.1, -0.05) is 25.0 Å². The number of carbonyl (C=O) groups excluding carboxylic acids is 1. The van der Waals surface area contributed by atoms with Crippen molar-refractivity contribution in [2.45, 2.75) is 41.7 Å². The third-order valence-corrected chi connectivity index (χ3v) is 5.85. The minimum absolute atomic E-state index is 0.0955. The van der Waals surface area contributed by atoms with Crippen LogP contribution >= 0.6 is 23.5 Å². The third-order valence-electron chi connectivity index (χ3n) is 3.75. The monoisotopic (exact) mass is 431 g/mol. The molecule has 0 aliphatic rings. The zero-order valence-electron chi connectivity index (χ0n) is 16.2. The second-order valence-corrected chi connectivity index (χ2v) is 9.38. The molecule has 0 unspecified atom stereocenters. The van der Waals surface area contributed by atoms with Crippen LogP contribution in [0.15, 0.2) is 62.7 Å². The Labute approximate surface area is 177 Å². The first kappa shape index (κ1) is 21.4. The summed E-state index contributed by atoms with van der Waals surface area (Å²) in [5.41, 5.74) is 0.819. The predicted molar refractivity (Wildman–Crippen MR) is 116 cm³/mol. The summed E-state index contributed by atoms with van der Waals surface area (Å²) in [7, 11) is 0. The average molecular weight is 432 g/mol. The largest absolute Gasteiger partial charge is 0.403 e. The maximum absolute atomic E-state index is 12.9. The Bertz CT molecular complexity index is 945. The molecule has 0 bridgehead atoms. The Morgan fingerprint density at radius 3 is 2.69 bits per heavy atom. The molecule has 5 nitrogen and oxygen atoms in total. The summed E-state index contributed by atoms with van der Waals surface area (Å²) in [6.45, 7) is 4.27. The van der Waals surface area contributed by atoms with Gasteiger partial charge >= 0.3 is 6.01 Å². The van der Waals surface area contributed by atoms with Gasteiger partial charge < -0.3 is 4.42 Å². The highest BCUT2D eigenvalue weighted by Crippen LogP contribution is 2.28. The van der Waals surface area contributed by atoms with Gasteiger partial charge in [0.1, 0.15) is 5.82 Å². The number of nitrogens with one attached hydrogen (secondary N) is 1. The van der Waals surface area contributed by atoms with Crippen LogP contribution < -0.4 is 5.32 Å². The van der Waals surface area contributed by atoms with E-state index in [1.807, 2.05) is 24.3 Å². The molecule has 29 heavy (non-hydrogen) atoms. The number of anilines is 1. The number of thioether (sulfide) groups is 2. The Kier molecular flexibility index (Phi) is 7.71. The molecular weight excluding hydrogens is 409 g/mol. The zero-order chi connectivity index (χ0) is 20.6. The van der Waals surface area contributed by atoms with Crippen molar-refractivity contribution >= 4 is 35.4 Å². The van der Waals surface area contributed by atoms with Crippen LogP contribution in [0.5, 0.6) is 0 Å². The first-order chi connectivity index (χ1) is 14.0. The molecule has 0 atom stereocenters. The standard InChI is InChI=1S/C21H22FN3O2S2/c1-14(2)29-18-6-3-5-15(13-18)20-24-25-21(27-20)23-19(26)7-4-12-28-17-10-8-16(22)9-11-17/h3,5-6,8-11,13-14H,4,7,12H2,1-2H3,(H,23,25,26). The number of hydrogen-bond acceptors (Lipinski definition) is 6. The highest BCUT2D eigenvalue weighted by Gasteiger charge is 2.12. The first-order valence-electron chi connectivity index (χ1n) is 9.28. The Hall–Kier alpha value is -2.32. The molecule has 0 saturated heterocycles. The van der Waals surface area contributed by atoms with E-state index in [-0.39, 0.29) is 17.7 Å². The van der Waals surface area contributed by atoms with Crippen molar-refractivity contribution in [1.82, 2.24) is 10.2 Å². The summed E-state index contributed by atoms with van der Waals surface area (Å²) < 4.78 is 18.5. The molecule has 0 aliphatic heterocycles. The predicted octanol–water partition coefficient (Wildman–Crippen LogP) is 5.89. The van der Waals surface area contributed by atoms with E-state index in [0.29, 0.717) is 24.0 Å². The summed E-state index contributed by atoms with van der Waals surface area (Å²) in [6, 6.07) is 14.3. The highest BCUT2D eigenvalue weighted by atomic mass is 32.2. The summed E-state index contributed by atoms with van der Waals surface area (Å²) >= 11 is 3.34. The molecule has 0 spiro atoms. The van der Waals surface area contributed by atoms with Crippen molar-refractivity contribution in [3.05, 3.63) is 54.3 Å². The average Bonchev–Trinajstić information content (AvgIpc) is 3.15. The van der Waals surface area contributed by atoms with Crippen LogP contribution in [0.4, 0.5) is 10.4 Å². The van der Waals surface area contributed by atoms with Crippen molar-refractivity contribution < 1.29 is 13.6 Å². The normalized spacial score (nSPS) is 11.0. The molecule has 2 aromatic carbocycles. The van der Waals surface area contributed by atoms with Gasteiger partial charge in [0, 0.05) is 27.0 Å². The molecule has 0 radical (unpaired) electrons. The minimum Gasteiger partial charge on any atom is -0.403 e. The van der Waals surface area contributed by atoms with E-state index >= 15 is 0 Å². The number of halogens is 1. The molecule has 8 heteroatoms. The zero-order valence-corrected chi connectivity index (χ0v) is 17.9. The van der Waals surface area contributed by atoms with Crippen LogP contribution in [-0.2, 0) is 4.79 Å². The van der Waals surface area contributed by atoms with Gasteiger partial charge in [0.15, 0.2) is 0 Å². The van der Waals surface area contributed by atoms with Crippen LogP contribution in [0.3, 0.4) is 0 Å². The quantitative estimate of drug-likeness (QED) is 0.337. The minimum atomic E-state index is -0.252. The SMILES string of the molecule is CC(C)Sc1cccc(-c2nnc(NC(=O)CCCSc3ccc(F)cc3)o2)c1. The number of carbonyl (C=O) groups is 1. The Balaban J connectivity index is 1.47. The van der Waals surface area contributed by atoms with E-state index in [9.17, 15) is 9.18 Å². The lowest BCUT2D eigenvalue weighted by atomic mass is 10.2. The number of aromatic nitrogens is 2. The third kappa shape index (κ3) is 6.90. The fourth-order valence-electron chi connectivity index (χ4n) is 2.50. The molecule has 0 fully saturated rings. The van der Waals surface area contributed by atoms with Crippen molar-refractivity contribution in [2.75, 3.05) is 11.1 Å². The van der Waals surface area contributed by atoms with E-state index in [2.05, 4.69) is 29.4 Å². The molecule has 152 valence electrons. The molecule has 0 saturated carbocycles. The second kappa shape index (κ2) is 10.5. The maximum atomic E-state index is 12.9. The number of benzene rings is 2. The van der Waals surface area contributed by atoms with E-state index in [0.717, 1.165) is 21.1 Å². The van der Waals surface area contributed by atoms with Gasteiger partial charge in [-0.3, -0.25) is 10.1 Å². The van der Waals surface area contributed by atoms with Crippen molar-refractivity contribution in [1.29, 1.82) is 0 Å².